The fourth-order valence-corrected chi connectivity index (χ4v) is 4.63. The largest absolute Gasteiger partial charge is 0.336 e. The van der Waals surface area contributed by atoms with Gasteiger partial charge >= 0.3 is 0 Å². The third-order valence-electron chi connectivity index (χ3n) is 5.28. The van der Waals surface area contributed by atoms with Crippen LogP contribution in [0.5, 0.6) is 0 Å². The molecule has 1 aliphatic heterocycles. The number of aromatic nitrogens is 4. The summed E-state index contributed by atoms with van der Waals surface area (Å²) in [5, 5.41) is 13.6. The van der Waals surface area contributed by atoms with Crippen LogP contribution in [0.2, 0.25) is 10.0 Å². The van der Waals surface area contributed by atoms with Crippen LogP contribution in [0, 0.1) is 0 Å². The summed E-state index contributed by atoms with van der Waals surface area (Å²) in [6.07, 6.45) is 4.68. The highest BCUT2D eigenvalue weighted by molar-refractivity contribution is 7.99. The van der Waals surface area contributed by atoms with Crippen molar-refractivity contribution in [2.24, 2.45) is 0 Å². The first-order chi connectivity index (χ1) is 14.1. The van der Waals surface area contributed by atoms with Crippen LogP contribution in [0.15, 0.2) is 23.4 Å². The standard InChI is InChI=1S/C19H24Cl2N6OS/c20-16-6-3-14(11-17(16)21)12-26(10-9-25-7-1-2-8-25)18(28)13-29-19-22-23-24-27(19)15-4-5-15/h3,6,11,15H,1-2,4-5,7-10,12-13H2. The van der Waals surface area contributed by atoms with Crippen molar-refractivity contribution in [3.8, 4) is 0 Å². The number of carbonyl (C=O) groups excluding carboxylic acids is 1. The fourth-order valence-electron chi connectivity index (χ4n) is 3.46. The first-order valence-electron chi connectivity index (χ1n) is 9.95. The van der Waals surface area contributed by atoms with Crippen LogP contribution in [0.4, 0.5) is 0 Å². The SMILES string of the molecule is O=C(CSc1nnnn1C1CC1)N(CCN1CCCC1)Cc1ccc(Cl)c(Cl)c1. The molecule has 0 spiro atoms. The van der Waals surface area contributed by atoms with Gasteiger partial charge in [-0.15, -0.1) is 5.10 Å². The Kier molecular flexibility index (Phi) is 6.95. The molecule has 4 rings (SSSR count). The predicted molar refractivity (Wildman–Crippen MR) is 114 cm³/mol. The molecule has 1 aromatic carbocycles. The molecule has 2 heterocycles. The van der Waals surface area contributed by atoms with E-state index in [1.54, 1.807) is 6.07 Å². The number of thioether (sulfide) groups is 1. The highest BCUT2D eigenvalue weighted by atomic mass is 35.5. The van der Waals surface area contributed by atoms with E-state index in [2.05, 4.69) is 20.4 Å². The second-order valence-corrected chi connectivity index (χ2v) is 9.30. The van der Waals surface area contributed by atoms with E-state index in [0.717, 1.165) is 43.2 Å². The number of amides is 1. The number of hydrogen-bond donors (Lipinski definition) is 0. The average Bonchev–Trinajstić information content (AvgIpc) is 3.22. The normalized spacial score (nSPS) is 17.0. The quantitative estimate of drug-likeness (QED) is 0.539. The van der Waals surface area contributed by atoms with Gasteiger partial charge in [0.1, 0.15) is 0 Å². The molecule has 1 saturated carbocycles. The van der Waals surface area contributed by atoms with Crippen LogP contribution in [-0.2, 0) is 11.3 Å². The van der Waals surface area contributed by atoms with Crippen LogP contribution in [0.25, 0.3) is 0 Å². The first kappa shape index (κ1) is 20.9. The topological polar surface area (TPSA) is 67.2 Å². The first-order valence-corrected chi connectivity index (χ1v) is 11.7. The third-order valence-corrected chi connectivity index (χ3v) is 6.93. The molecule has 2 aliphatic rings. The molecule has 0 atom stereocenters. The Balaban J connectivity index is 1.40. The molecule has 2 fully saturated rings. The summed E-state index contributed by atoms with van der Waals surface area (Å²) in [6, 6.07) is 5.93. The summed E-state index contributed by atoms with van der Waals surface area (Å²) in [6.45, 7) is 4.31. The minimum absolute atomic E-state index is 0.0746. The van der Waals surface area contributed by atoms with Crippen molar-refractivity contribution in [3.05, 3.63) is 33.8 Å². The zero-order valence-electron chi connectivity index (χ0n) is 16.1. The van der Waals surface area contributed by atoms with Crippen LogP contribution in [-0.4, -0.2) is 67.8 Å². The molecular formula is C19H24Cl2N6OS. The molecule has 156 valence electrons. The molecule has 0 radical (unpaired) electrons. The number of carbonyl (C=O) groups is 1. The van der Waals surface area contributed by atoms with E-state index in [1.165, 1.54) is 24.6 Å². The Labute approximate surface area is 184 Å². The van der Waals surface area contributed by atoms with Gasteiger partial charge in [0.2, 0.25) is 11.1 Å². The maximum Gasteiger partial charge on any atom is 0.233 e. The van der Waals surface area contributed by atoms with E-state index < -0.39 is 0 Å². The summed E-state index contributed by atoms with van der Waals surface area (Å²) in [5.74, 6) is 0.389. The van der Waals surface area contributed by atoms with Crippen molar-refractivity contribution in [2.75, 3.05) is 31.9 Å². The van der Waals surface area contributed by atoms with Gasteiger partial charge in [-0.3, -0.25) is 4.79 Å². The third kappa shape index (κ3) is 5.63. The Morgan fingerprint density at radius 2 is 2.00 bits per heavy atom. The lowest BCUT2D eigenvalue weighted by atomic mass is 10.2. The fraction of sp³-hybridized carbons (Fsp3) is 0.579. The number of rotatable bonds is 9. The second kappa shape index (κ2) is 9.64. The van der Waals surface area contributed by atoms with Gasteiger partial charge in [-0.05, 0) is 66.9 Å². The molecule has 10 heteroatoms. The number of nitrogens with zero attached hydrogens (tertiary/aromatic N) is 6. The molecule has 0 bridgehead atoms. The van der Waals surface area contributed by atoms with Gasteiger partial charge < -0.3 is 9.80 Å². The van der Waals surface area contributed by atoms with Gasteiger partial charge in [-0.25, -0.2) is 4.68 Å². The van der Waals surface area contributed by atoms with Crippen LogP contribution in [0.3, 0.4) is 0 Å². The summed E-state index contributed by atoms with van der Waals surface area (Å²) >= 11 is 13.6. The van der Waals surface area contributed by atoms with Crippen molar-refractivity contribution in [1.29, 1.82) is 0 Å². The summed E-state index contributed by atoms with van der Waals surface area (Å²) in [5.41, 5.74) is 0.974. The Hall–Kier alpha value is -1.35. The van der Waals surface area contributed by atoms with Crippen LogP contribution >= 0.6 is 35.0 Å². The van der Waals surface area contributed by atoms with Gasteiger partial charge in [0, 0.05) is 19.6 Å². The molecular weight excluding hydrogens is 431 g/mol. The van der Waals surface area contributed by atoms with Crippen molar-refractivity contribution in [3.63, 3.8) is 0 Å². The predicted octanol–water partition coefficient (Wildman–Crippen LogP) is 3.53. The summed E-state index contributed by atoms with van der Waals surface area (Å²) in [7, 11) is 0. The molecule has 7 nitrogen and oxygen atoms in total. The zero-order chi connectivity index (χ0) is 20.2. The highest BCUT2D eigenvalue weighted by Crippen LogP contribution is 2.36. The zero-order valence-corrected chi connectivity index (χ0v) is 18.5. The van der Waals surface area contributed by atoms with Gasteiger partial charge in [-0.1, -0.05) is 41.0 Å². The number of benzene rings is 1. The molecule has 1 aromatic heterocycles. The van der Waals surface area contributed by atoms with Crippen molar-refractivity contribution < 1.29 is 4.79 Å². The minimum Gasteiger partial charge on any atom is -0.336 e. The molecule has 2 aromatic rings. The summed E-state index contributed by atoms with van der Waals surface area (Å²) < 4.78 is 1.84. The van der Waals surface area contributed by atoms with E-state index in [9.17, 15) is 4.79 Å². The minimum atomic E-state index is 0.0746. The van der Waals surface area contributed by atoms with E-state index in [0.29, 0.717) is 34.9 Å². The van der Waals surface area contributed by atoms with Crippen molar-refractivity contribution in [2.45, 2.75) is 43.4 Å². The monoisotopic (exact) mass is 454 g/mol. The smallest absolute Gasteiger partial charge is 0.233 e. The Morgan fingerprint density at radius 1 is 1.21 bits per heavy atom. The lowest BCUT2D eigenvalue weighted by Gasteiger charge is -2.25. The average molecular weight is 455 g/mol. The van der Waals surface area contributed by atoms with Crippen LogP contribution < -0.4 is 0 Å². The molecule has 1 saturated heterocycles. The Bertz CT molecular complexity index is 853. The lowest BCUT2D eigenvalue weighted by Crippen LogP contribution is -2.38. The molecule has 29 heavy (non-hydrogen) atoms. The van der Waals surface area contributed by atoms with Crippen molar-refractivity contribution >= 4 is 40.9 Å². The second-order valence-electron chi connectivity index (χ2n) is 7.54. The Morgan fingerprint density at radius 3 is 2.72 bits per heavy atom. The molecule has 1 aliphatic carbocycles. The number of tetrazole rings is 1. The van der Waals surface area contributed by atoms with Gasteiger partial charge in [0.05, 0.1) is 21.8 Å². The number of halogens is 2. The van der Waals surface area contributed by atoms with E-state index >= 15 is 0 Å². The van der Waals surface area contributed by atoms with Crippen LogP contribution in [0.1, 0.15) is 37.3 Å². The molecule has 1 amide bonds. The van der Waals surface area contributed by atoms with Gasteiger partial charge in [0.25, 0.3) is 0 Å². The number of likely N-dealkylation sites (tertiary alicyclic amines) is 1. The lowest BCUT2D eigenvalue weighted by molar-refractivity contribution is -0.129. The maximum atomic E-state index is 13.0. The van der Waals surface area contributed by atoms with E-state index in [4.69, 9.17) is 23.2 Å². The van der Waals surface area contributed by atoms with Crippen molar-refractivity contribution in [1.82, 2.24) is 30.0 Å². The number of hydrogen-bond acceptors (Lipinski definition) is 6. The highest BCUT2D eigenvalue weighted by Gasteiger charge is 2.28. The molecule has 0 N–H and O–H groups in total. The molecule has 0 unspecified atom stereocenters. The van der Waals surface area contributed by atoms with Gasteiger partial charge in [0.15, 0.2) is 0 Å². The van der Waals surface area contributed by atoms with E-state index in [1.807, 2.05) is 21.7 Å². The van der Waals surface area contributed by atoms with Gasteiger partial charge in [-0.2, -0.15) is 0 Å². The maximum absolute atomic E-state index is 13.0. The summed E-state index contributed by atoms with van der Waals surface area (Å²) in [4.78, 5) is 17.4. The van der Waals surface area contributed by atoms with E-state index in [-0.39, 0.29) is 5.91 Å².